The van der Waals surface area contributed by atoms with Crippen molar-refractivity contribution in [3.05, 3.63) is 46.2 Å². The SMILES string of the molecule is CCNC(=NCc1csc(CC)n1)NC1CCN(c2cccc(F)c2)CC1. The molecule has 0 spiro atoms. The Morgan fingerprint density at radius 2 is 2.15 bits per heavy atom. The average Bonchev–Trinajstić information content (AvgIpc) is 3.15. The molecule has 7 heteroatoms. The smallest absolute Gasteiger partial charge is 0.191 e. The van der Waals surface area contributed by atoms with E-state index in [0.717, 1.165) is 61.2 Å². The lowest BCUT2D eigenvalue weighted by atomic mass is 10.0. The molecule has 5 nitrogen and oxygen atoms in total. The monoisotopic (exact) mass is 389 g/mol. The van der Waals surface area contributed by atoms with Crippen LogP contribution >= 0.6 is 11.3 Å². The summed E-state index contributed by atoms with van der Waals surface area (Å²) in [6.07, 6.45) is 2.96. The highest BCUT2D eigenvalue weighted by Crippen LogP contribution is 2.20. The zero-order chi connectivity index (χ0) is 19.1. The fourth-order valence-corrected chi connectivity index (χ4v) is 3.95. The van der Waals surface area contributed by atoms with Crippen LogP contribution in [0.2, 0.25) is 0 Å². The topological polar surface area (TPSA) is 52.6 Å². The van der Waals surface area contributed by atoms with Gasteiger partial charge in [0.25, 0.3) is 0 Å². The summed E-state index contributed by atoms with van der Waals surface area (Å²) >= 11 is 1.70. The number of aromatic nitrogens is 1. The van der Waals surface area contributed by atoms with Crippen LogP contribution in [0.1, 0.15) is 37.4 Å². The first-order valence-corrected chi connectivity index (χ1v) is 10.5. The molecule has 0 saturated carbocycles. The molecule has 3 rings (SSSR count). The molecule has 2 N–H and O–H groups in total. The molecule has 1 aromatic carbocycles. The van der Waals surface area contributed by atoms with E-state index in [1.54, 1.807) is 23.5 Å². The van der Waals surface area contributed by atoms with Gasteiger partial charge in [0, 0.05) is 36.7 Å². The van der Waals surface area contributed by atoms with Gasteiger partial charge in [-0.1, -0.05) is 13.0 Å². The van der Waals surface area contributed by atoms with Gasteiger partial charge < -0.3 is 15.5 Å². The number of guanidine groups is 1. The zero-order valence-electron chi connectivity index (χ0n) is 16.0. The van der Waals surface area contributed by atoms with Gasteiger partial charge >= 0.3 is 0 Å². The number of anilines is 1. The third-order valence-electron chi connectivity index (χ3n) is 4.65. The first kappa shape index (κ1) is 19.6. The highest BCUT2D eigenvalue weighted by Gasteiger charge is 2.20. The summed E-state index contributed by atoms with van der Waals surface area (Å²) in [6.45, 7) is 7.42. The number of nitrogens with one attached hydrogen (secondary N) is 2. The highest BCUT2D eigenvalue weighted by atomic mass is 32.1. The largest absolute Gasteiger partial charge is 0.371 e. The van der Waals surface area contributed by atoms with Crippen LogP contribution in [0.25, 0.3) is 0 Å². The van der Waals surface area contributed by atoms with E-state index in [9.17, 15) is 4.39 Å². The van der Waals surface area contributed by atoms with E-state index >= 15 is 0 Å². The predicted molar refractivity (Wildman–Crippen MR) is 111 cm³/mol. The Balaban J connectivity index is 1.53. The lowest BCUT2D eigenvalue weighted by Crippen LogP contribution is -2.48. The van der Waals surface area contributed by atoms with E-state index in [4.69, 9.17) is 0 Å². The molecule has 1 saturated heterocycles. The van der Waals surface area contributed by atoms with E-state index in [2.05, 4.69) is 44.7 Å². The number of benzene rings is 1. The van der Waals surface area contributed by atoms with Crippen LogP contribution in [0.5, 0.6) is 0 Å². The van der Waals surface area contributed by atoms with Gasteiger partial charge in [-0.3, -0.25) is 0 Å². The maximum Gasteiger partial charge on any atom is 0.191 e. The minimum absolute atomic E-state index is 0.178. The fourth-order valence-electron chi connectivity index (χ4n) is 3.21. The van der Waals surface area contributed by atoms with Gasteiger partial charge in [0.05, 0.1) is 17.2 Å². The van der Waals surface area contributed by atoms with Crippen molar-refractivity contribution in [2.75, 3.05) is 24.5 Å². The Morgan fingerprint density at radius 1 is 1.33 bits per heavy atom. The Bertz CT molecular complexity index is 752. The molecule has 0 unspecified atom stereocenters. The van der Waals surface area contributed by atoms with Crippen molar-refractivity contribution in [1.29, 1.82) is 0 Å². The first-order chi connectivity index (χ1) is 13.2. The lowest BCUT2D eigenvalue weighted by Gasteiger charge is -2.34. The number of piperidine rings is 1. The van der Waals surface area contributed by atoms with Gasteiger partial charge in [-0.15, -0.1) is 11.3 Å². The number of nitrogens with zero attached hydrogens (tertiary/aromatic N) is 3. The minimum atomic E-state index is -0.178. The second-order valence-corrected chi connectivity index (χ2v) is 7.61. The van der Waals surface area contributed by atoms with Crippen LogP contribution in [0.15, 0.2) is 34.6 Å². The summed E-state index contributed by atoms with van der Waals surface area (Å²) in [5.74, 6) is 0.662. The van der Waals surface area contributed by atoms with E-state index in [1.807, 2.05) is 6.07 Å². The number of aryl methyl sites for hydroxylation is 1. The van der Waals surface area contributed by atoms with Crippen LogP contribution in [0.3, 0.4) is 0 Å². The molecule has 27 heavy (non-hydrogen) atoms. The molecule has 1 aliphatic heterocycles. The molecule has 1 fully saturated rings. The maximum absolute atomic E-state index is 13.4. The van der Waals surface area contributed by atoms with Crippen molar-refractivity contribution in [2.45, 2.75) is 45.7 Å². The Kier molecular flexibility index (Phi) is 7.04. The molecule has 146 valence electrons. The van der Waals surface area contributed by atoms with E-state index in [1.165, 1.54) is 6.07 Å². The summed E-state index contributed by atoms with van der Waals surface area (Å²) in [6, 6.07) is 7.21. The van der Waals surface area contributed by atoms with E-state index in [0.29, 0.717) is 12.6 Å². The van der Waals surface area contributed by atoms with Gasteiger partial charge in [-0.2, -0.15) is 0 Å². The highest BCUT2D eigenvalue weighted by molar-refractivity contribution is 7.09. The van der Waals surface area contributed by atoms with Crippen LogP contribution in [-0.2, 0) is 13.0 Å². The summed E-state index contributed by atoms with van der Waals surface area (Å²) in [7, 11) is 0. The third-order valence-corrected chi connectivity index (χ3v) is 5.70. The van der Waals surface area contributed by atoms with Crippen LogP contribution in [0.4, 0.5) is 10.1 Å². The summed E-state index contributed by atoms with van der Waals surface area (Å²) < 4.78 is 13.4. The Labute approximate surface area is 164 Å². The standard InChI is InChI=1S/C20H28FN5S/c1-3-19-24-17(14-27-19)13-23-20(22-4-2)25-16-8-10-26(11-9-16)18-7-5-6-15(21)12-18/h5-7,12,14,16H,3-4,8-11,13H2,1-2H3,(H2,22,23,25). The molecular weight excluding hydrogens is 361 g/mol. The van der Waals surface area contributed by atoms with Gasteiger partial charge in [-0.25, -0.2) is 14.4 Å². The maximum atomic E-state index is 13.4. The number of rotatable bonds is 6. The van der Waals surface area contributed by atoms with Crippen molar-refractivity contribution >= 4 is 23.0 Å². The zero-order valence-corrected chi connectivity index (χ0v) is 16.9. The normalized spacial score (nSPS) is 15.8. The van der Waals surface area contributed by atoms with Crippen molar-refractivity contribution < 1.29 is 4.39 Å². The quantitative estimate of drug-likeness (QED) is 0.586. The number of thiazole rings is 1. The first-order valence-electron chi connectivity index (χ1n) is 9.66. The van der Waals surface area contributed by atoms with Gasteiger partial charge in [0.1, 0.15) is 5.82 Å². The van der Waals surface area contributed by atoms with Gasteiger partial charge in [0.2, 0.25) is 0 Å². The van der Waals surface area contributed by atoms with Crippen molar-refractivity contribution in [2.24, 2.45) is 4.99 Å². The van der Waals surface area contributed by atoms with Crippen LogP contribution in [-0.4, -0.2) is 36.6 Å². The molecule has 1 aromatic heterocycles. The van der Waals surface area contributed by atoms with Crippen molar-refractivity contribution in [3.63, 3.8) is 0 Å². The molecule has 0 bridgehead atoms. The number of aliphatic imine (C=N–C) groups is 1. The third kappa shape index (κ3) is 5.66. The Hall–Kier alpha value is -2.15. The number of halogens is 1. The van der Waals surface area contributed by atoms with Crippen LogP contribution < -0.4 is 15.5 Å². The molecule has 2 heterocycles. The molecule has 0 radical (unpaired) electrons. The summed E-state index contributed by atoms with van der Waals surface area (Å²) in [5.41, 5.74) is 1.99. The van der Waals surface area contributed by atoms with Crippen molar-refractivity contribution in [3.8, 4) is 0 Å². The van der Waals surface area contributed by atoms with Gasteiger partial charge in [0.15, 0.2) is 5.96 Å². The molecule has 0 atom stereocenters. The van der Waals surface area contributed by atoms with E-state index in [-0.39, 0.29) is 5.82 Å². The van der Waals surface area contributed by atoms with Crippen molar-refractivity contribution in [1.82, 2.24) is 15.6 Å². The van der Waals surface area contributed by atoms with Crippen LogP contribution in [0, 0.1) is 5.82 Å². The molecule has 1 aliphatic rings. The number of hydrogen-bond donors (Lipinski definition) is 2. The lowest BCUT2D eigenvalue weighted by molar-refractivity contribution is 0.461. The molecule has 2 aromatic rings. The van der Waals surface area contributed by atoms with E-state index < -0.39 is 0 Å². The fraction of sp³-hybridized carbons (Fsp3) is 0.500. The molecule has 0 aliphatic carbocycles. The minimum Gasteiger partial charge on any atom is -0.371 e. The average molecular weight is 390 g/mol. The molecular formula is C20H28FN5S. The summed E-state index contributed by atoms with van der Waals surface area (Å²) in [5, 5.41) is 10.1. The Morgan fingerprint density at radius 3 is 2.81 bits per heavy atom. The predicted octanol–water partition coefficient (Wildman–Crippen LogP) is 3.57. The molecule has 0 amide bonds. The number of hydrogen-bond acceptors (Lipinski definition) is 4. The van der Waals surface area contributed by atoms with Gasteiger partial charge in [-0.05, 0) is 44.4 Å². The second kappa shape index (κ2) is 9.69. The second-order valence-electron chi connectivity index (χ2n) is 6.67. The summed E-state index contributed by atoms with van der Waals surface area (Å²) in [4.78, 5) is 11.5.